The van der Waals surface area contributed by atoms with Crippen LogP contribution in [0.2, 0.25) is 5.02 Å². The Kier molecular flexibility index (Phi) is 4.82. The number of pyridine rings is 1. The predicted octanol–water partition coefficient (Wildman–Crippen LogP) is 4.97. The molecule has 2 N–H and O–H groups in total. The zero-order valence-electron chi connectivity index (χ0n) is 14.9. The van der Waals surface area contributed by atoms with E-state index in [0.717, 1.165) is 16.7 Å². The first kappa shape index (κ1) is 17.8. The molecule has 0 spiro atoms. The van der Waals surface area contributed by atoms with Gasteiger partial charge in [-0.05, 0) is 42.5 Å². The SMILES string of the molecule is Cn1c(Nc2ccc(Cl)cc2)nc2cc(Oc3ccnc(/C=N/O)c3)ccc21. The maximum absolute atomic E-state index is 8.63. The molecule has 4 rings (SSSR count). The van der Waals surface area contributed by atoms with E-state index in [4.69, 9.17) is 21.5 Å². The molecule has 0 saturated heterocycles. The maximum Gasteiger partial charge on any atom is 0.208 e. The Bertz CT molecular complexity index is 1160. The number of ether oxygens (including phenoxy) is 1. The number of hydrogen-bond donors (Lipinski definition) is 2. The average Bonchev–Trinajstić information content (AvgIpc) is 2.99. The molecule has 0 aliphatic heterocycles. The van der Waals surface area contributed by atoms with Crippen molar-refractivity contribution in [3.8, 4) is 11.5 Å². The molecule has 0 saturated carbocycles. The minimum absolute atomic E-state index is 0.494. The van der Waals surface area contributed by atoms with Crippen molar-refractivity contribution < 1.29 is 9.94 Å². The summed E-state index contributed by atoms with van der Waals surface area (Å²) in [4.78, 5) is 8.71. The number of nitrogens with one attached hydrogen (secondary N) is 1. The number of nitrogens with zero attached hydrogens (tertiary/aromatic N) is 4. The van der Waals surface area contributed by atoms with Crippen LogP contribution in [0.25, 0.3) is 11.0 Å². The van der Waals surface area contributed by atoms with E-state index >= 15 is 0 Å². The van der Waals surface area contributed by atoms with E-state index in [9.17, 15) is 0 Å². The number of imidazole rings is 1. The highest BCUT2D eigenvalue weighted by atomic mass is 35.5. The van der Waals surface area contributed by atoms with Crippen molar-refractivity contribution in [1.29, 1.82) is 0 Å². The molecular weight excluding hydrogens is 378 g/mol. The molecule has 2 heterocycles. The fourth-order valence-corrected chi connectivity index (χ4v) is 2.90. The Morgan fingerprint density at radius 1 is 1.11 bits per heavy atom. The molecule has 7 nitrogen and oxygen atoms in total. The molecule has 2 aromatic heterocycles. The second-order valence-electron chi connectivity index (χ2n) is 6.04. The Balaban J connectivity index is 1.60. The molecule has 4 aromatic rings. The predicted molar refractivity (Wildman–Crippen MR) is 109 cm³/mol. The van der Waals surface area contributed by atoms with Gasteiger partial charge in [-0.3, -0.25) is 4.98 Å². The zero-order chi connectivity index (χ0) is 19.5. The lowest BCUT2D eigenvalue weighted by molar-refractivity contribution is 0.321. The van der Waals surface area contributed by atoms with Gasteiger partial charge >= 0.3 is 0 Å². The van der Waals surface area contributed by atoms with Crippen LogP contribution in [0.4, 0.5) is 11.6 Å². The maximum atomic E-state index is 8.63. The normalized spacial score (nSPS) is 11.2. The number of benzene rings is 2. The third-order valence-electron chi connectivity index (χ3n) is 4.13. The quantitative estimate of drug-likeness (QED) is 0.284. The summed E-state index contributed by atoms with van der Waals surface area (Å²) in [5.41, 5.74) is 3.15. The molecule has 0 amide bonds. The number of anilines is 2. The van der Waals surface area contributed by atoms with Crippen LogP contribution < -0.4 is 10.1 Å². The van der Waals surface area contributed by atoms with Gasteiger partial charge < -0.3 is 19.8 Å². The number of fused-ring (bicyclic) bond motifs is 1. The standard InChI is InChI=1S/C20H16ClN5O2/c1-26-19-7-6-16(28-17-8-9-22-15(10-17)12-23-27)11-18(19)25-20(26)24-14-4-2-13(21)3-5-14/h2-12,27H,1H3,(H,24,25)/b23-12+. The third-order valence-corrected chi connectivity index (χ3v) is 4.38. The summed E-state index contributed by atoms with van der Waals surface area (Å²) in [6, 6.07) is 16.5. The van der Waals surface area contributed by atoms with Gasteiger partial charge in [0.1, 0.15) is 11.5 Å². The third kappa shape index (κ3) is 3.74. The second-order valence-corrected chi connectivity index (χ2v) is 6.48. The van der Waals surface area contributed by atoms with Crippen molar-refractivity contribution in [2.24, 2.45) is 12.2 Å². The highest BCUT2D eigenvalue weighted by Crippen LogP contribution is 2.28. The van der Waals surface area contributed by atoms with E-state index < -0.39 is 0 Å². The van der Waals surface area contributed by atoms with Gasteiger partial charge in [0.05, 0.1) is 22.9 Å². The van der Waals surface area contributed by atoms with Gasteiger partial charge in [-0.15, -0.1) is 0 Å². The van der Waals surface area contributed by atoms with Crippen molar-refractivity contribution in [2.45, 2.75) is 0 Å². The van der Waals surface area contributed by atoms with Crippen LogP contribution in [0.15, 0.2) is 65.9 Å². The van der Waals surface area contributed by atoms with Gasteiger partial charge in [0.15, 0.2) is 0 Å². The average molecular weight is 394 g/mol. The number of oxime groups is 1. The van der Waals surface area contributed by atoms with E-state index in [2.05, 4.69) is 20.4 Å². The summed E-state index contributed by atoms with van der Waals surface area (Å²) in [7, 11) is 1.94. The van der Waals surface area contributed by atoms with Crippen molar-refractivity contribution >= 4 is 40.5 Å². The van der Waals surface area contributed by atoms with Gasteiger partial charge in [-0.1, -0.05) is 16.8 Å². The summed E-state index contributed by atoms with van der Waals surface area (Å²) in [5, 5.41) is 15.6. The van der Waals surface area contributed by atoms with Crippen LogP contribution in [0.1, 0.15) is 5.69 Å². The van der Waals surface area contributed by atoms with E-state index in [-0.39, 0.29) is 0 Å². The molecule has 8 heteroatoms. The zero-order valence-corrected chi connectivity index (χ0v) is 15.6. The Morgan fingerprint density at radius 3 is 2.68 bits per heavy atom. The van der Waals surface area contributed by atoms with Crippen LogP contribution >= 0.6 is 11.6 Å². The van der Waals surface area contributed by atoms with Gasteiger partial charge in [-0.25, -0.2) is 4.98 Å². The summed E-state index contributed by atoms with van der Waals surface area (Å²) < 4.78 is 7.85. The first-order chi connectivity index (χ1) is 13.6. The van der Waals surface area contributed by atoms with Crippen LogP contribution in [-0.2, 0) is 7.05 Å². The minimum Gasteiger partial charge on any atom is -0.457 e. The molecule has 0 radical (unpaired) electrons. The fraction of sp³-hybridized carbons (Fsp3) is 0.0500. The molecule has 28 heavy (non-hydrogen) atoms. The van der Waals surface area contributed by atoms with E-state index in [1.807, 2.05) is 54.1 Å². The van der Waals surface area contributed by atoms with Gasteiger partial charge in [0.25, 0.3) is 0 Å². The molecule has 0 atom stereocenters. The smallest absolute Gasteiger partial charge is 0.208 e. The van der Waals surface area contributed by atoms with Crippen LogP contribution in [0, 0.1) is 0 Å². The summed E-state index contributed by atoms with van der Waals surface area (Å²) in [6.07, 6.45) is 2.82. The van der Waals surface area contributed by atoms with Crippen LogP contribution in [-0.4, -0.2) is 26.0 Å². The molecule has 0 aliphatic carbocycles. The van der Waals surface area contributed by atoms with E-state index in [1.54, 1.807) is 18.3 Å². The van der Waals surface area contributed by atoms with Gasteiger partial charge in [0.2, 0.25) is 5.95 Å². The van der Waals surface area contributed by atoms with Crippen molar-refractivity contribution in [3.05, 3.63) is 71.5 Å². The van der Waals surface area contributed by atoms with Gasteiger partial charge in [0, 0.05) is 36.1 Å². The van der Waals surface area contributed by atoms with Gasteiger partial charge in [-0.2, -0.15) is 0 Å². The highest BCUT2D eigenvalue weighted by molar-refractivity contribution is 6.30. The molecule has 140 valence electrons. The van der Waals surface area contributed by atoms with Crippen molar-refractivity contribution in [2.75, 3.05) is 5.32 Å². The number of aromatic nitrogens is 3. The fourth-order valence-electron chi connectivity index (χ4n) is 2.77. The lowest BCUT2D eigenvalue weighted by Crippen LogP contribution is -1.98. The highest BCUT2D eigenvalue weighted by Gasteiger charge is 2.10. The first-order valence-corrected chi connectivity index (χ1v) is 8.80. The Hall–Kier alpha value is -3.58. The minimum atomic E-state index is 0.494. The molecule has 0 unspecified atom stereocenters. The van der Waals surface area contributed by atoms with Crippen molar-refractivity contribution in [3.63, 3.8) is 0 Å². The molecule has 0 bridgehead atoms. The molecule has 0 fully saturated rings. The number of hydrogen-bond acceptors (Lipinski definition) is 6. The van der Waals surface area contributed by atoms with E-state index in [1.165, 1.54) is 6.21 Å². The van der Waals surface area contributed by atoms with Crippen molar-refractivity contribution in [1.82, 2.24) is 14.5 Å². The number of rotatable bonds is 5. The van der Waals surface area contributed by atoms with E-state index in [0.29, 0.717) is 28.2 Å². The lowest BCUT2D eigenvalue weighted by Gasteiger charge is -2.06. The Morgan fingerprint density at radius 2 is 1.89 bits per heavy atom. The monoisotopic (exact) mass is 393 g/mol. The summed E-state index contributed by atoms with van der Waals surface area (Å²) in [6.45, 7) is 0. The lowest BCUT2D eigenvalue weighted by atomic mass is 10.3. The molecular formula is C20H16ClN5O2. The van der Waals surface area contributed by atoms with Crippen LogP contribution in [0.5, 0.6) is 11.5 Å². The first-order valence-electron chi connectivity index (χ1n) is 8.43. The number of aryl methyl sites for hydroxylation is 1. The number of halogens is 1. The van der Waals surface area contributed by atoms with Crippen LogP contribution in [0.3, 0.4) is 0 Å². The largest absolute Gasteiger partial charge is 0.457 e. The summed E-state index contributed by atoms with van der Waals surface area (Å²) >= 11 is 5.94. The summed E-state index contributed by atoms with van der Waals surface area (Å²) in [5.74, 6) is 1.93. The Labute approximate surface area is 165 Å². The topological polar surface area (TPSA) is 84.6 Å². The second kappa shape index (κ2) is 7.58. The molecule has 2 aromatic carbocycles. The molecule has 0 aliphatic rings.